The number of pyridine rings is 1. The predicted octanol–water partition coefficient (Wildman–Crippen LogP) is 6.53. The first-order valence-corrected chi connectivity index (χ1v) is 12.1. The van der Waals surface area contributed by atoms with Crippen LogP contribution in [0.1, 0.15) is 31.3 Å². The maximum Gasteiger partial charge on any atom is 0.281 e. The lowest BCUT2D eigenvalue weighted by atomic mass is 10.0. The lowest BCUT2D eigenvalue weighted by Crippen LogP contribution is -2.23. The normalized spacial score (nSPS) is 12.0. The van der Waals surface area contributed by atoms with Crippen LogP contribution in [-0.4, -0.2) is 14.5 Å². The van der Waals surface area contributed by atoms with Crippen LogP contribution >= 0.6 is 34.2 Å². The van der Waals surface area contributed by atoms with E-state index in [2.05, 4.69) is 44.7 Å². The van der Waals surface area contributed by atoms with Crippen molar-refractivity contribution in [1.82, 2.24) is 14.5 Å². The van der Waals surface area contributed by atoms with Crippen molar-refractivity contribution in [2.45, 2.75) is 33.1 Å². The molecule has 0 saturated heterocycles. The van der Waals surface area contributed by atoms with Gasteiger partial charge >= 0.3 is 0 Å². The van der Waals surface area contributed by atoms with Crippen LogP contribution in [0.15, 0.2) is 77.7 Å². The van der Waals surface area contributed by atoms with Crippen LogP contribution in [0.2, 0.25) is 5.15 Å². The SMILES string of the molecule is CCn1c(COC(C)c2ccc(Cl)nc2)nc(=O)c(-c2cccc(-c3ccccc3)c2)c1I. The molecule has 0 bridgehead atoms. The highest BCUT2D eigenvalue weighted by atomic mass is 127. The molecule has 4 rings (SSSR count). The molecule has 0 amide bonds. The summed E-state index contributed by atoms with van der Waals surface area (Å²) < 4.78 is 8.89. The number of ether oxygens (including phenoxy) is 1. The zero-order chi connectivity index (χ0) is 23.4. The van der Waals surface area contributed by atoms with E-state index in [4.69, 9.17) is 16.3 Å². The lowest BCUT2D eigenvalue weighted by molar-refractivity contribution is 0.0456. The van der Waals surface area contributed by atoms with Gasteiger partial charge < -0.3 is 9.30 Å². The molecule has 0 fully saturated rings. The third-order valence-electron chi connectivity index (χ3n) is 5.46. The van der Waals surface area contributed by atoms with Gasteiger partial charge in [0.15, 0.2) is 0 Å². The summed E-state index contributed by atoms with van der Waals surface area (Å²) in [5.41, 5.74) is 4.28. The molecule has 0 aliphatic heterocycles. The minimum atomic E-state index is -0.256. The highest BCUT2D eigenvalue weighted by Gasteiger charge is 2.18. The van der Waals surface area contributed by atoms with Gasteiger partial charge in [-0.25, -0.2) is 4.98 Å². The molecule has 0 spiro atoms. The van der Waals surface area contributed by atoms with Gasteiger partial charge in [-0.15, -0.1) is 0 Å². The number of hydrogen-bond donors (Lipinski definition) is 0. The Bertz CT molecular complexity index is 1310. The fraction of sp³-hybridized carbons (Fsp3) is 0.192. The van der Waals surface area contributed by atoms with Gasteiger partial charge in [0, 0.05) is 12.7 Å². The molecular formula is C26H23ClIN3O2. The lowest BCUT2D eigenvalue weighted by Gasteiger charge is -2.18. The second kappa shape index (κ2) is 10.6. The molecule has 33 heavy (non-hydrogen) atoms. The van der Waals surface area contributed by atoms with Gasteiger partial charge in [-0.05, 0) is 70.8 Å². The zero-order valence-electron chi connectivity index (χ0n) is 18.3. The highest BCUT2D eigenvalue weighted by Crippen LogP contribution is 2.28. The number of halogens is 2. The largest absolute Gasteiger partial charge is 0.366 e. The van der Waals surface area contributed by atoms with E-state index in [1.54, 1.807) is 12.3 Å². The summed E-state index contributed by atoms with van der Waals surface area (Å²) in [6.07, 6.45) is 1.48. The Morgan fingerprint density at radius 1 is 1.03 bits per heavy atom. The molecule has 0 aliphatic rings. The number of hydrogen-bond acceptors (Lipinski definition) is 4. The first-order chi connectivity index (χ1) is 16.0. The summed E-state index contributed by atoms with van der Waals surface area (Å²) in [6.45, 7) is 4.86. The molecule has 2 aromatic heterocycles. The van der Waals surface area contributed by atoms with Gasteiger partial charge in [0.1, 0.15) is 17.6 Å². The van der Waals surface area contributed by atoms with Crippen LogP contribution < -0.4 is 5.56 Å². The van der Waals surface area contributed by atoms with Crippen molar-refractivity contribution >= 4 is 34.2 Å². The van der Waals surface area contributed by atoms with Crippen molar-refractivity contribution in [2.24, 2.45) is 0 Å². The average Bonchev–Trinajstić information content (AvgIpc) is 2.83. The van der Waals surface area contributed by atoms with Gasteiger partial charge in [-0.1, -0.05) is 66.2 Å². The van der Waals surface area contributed by atoms with E-state index >= 15 is 0 Å². The molecule has 1 atom stereocenters. The fourth-order valence-corrected chi connectivity index (χ4v) is 4.93. The summed E-state index contributed by atoms with van der Waals surface area (Å²) in [5, 5.41) is 0.439. The van der Waals surface area contributed by atoms with Crippen molar-refractivity contribution in [3.05, 3.63) is 104 Å². The average molecular weight is 572 g/mol. The van der Waals surface area contributed by atoms with Gasteiger partial charge in [0.05, 0.1) is 15.4 Å². The maximum absolute atomic E-state index is 13.1. The molecule has 7 heteroatoms. The van der Waals surface area contributed by atoms with Crippen molar-refractivity contribution in [3.8, 4) is 22.3 Å². The number of benzene rings is 2. The minimum Gasteiger partial charge on any atom is -0.366 e. The van der Waals surface area contributed by atoms with Gasteiger partial charge in [0.2, 0.25) is 0 Å². The van der Waals surface area contributed by atoms with Crippen molar-refractivity contribution < 1.29 is 4.74 Å². The number of nitrogens with zero attached hydrogens (tertiary/aromatic N) is 3. The third-order valence-corrected chi connectivity index (χ3v) is 6.80. The molecule has 2 aromatic carbocycles. The molecule has 168 valence electrons. The standard InChI is InChI=1S/C26H23ClIN3O2/c1-3-31-23(16-33-17(2)21-12-13-22(27)29-15-21)30-26(32)24(25(31)28)20-11-7-10-19(14-20)18-8-5-4-6-9-18/h4-15,17H,3,16H2,1-2H3. The van der Waals surface area contributed by atoms with Gasteiger partial charge in [-0.3, -0.25) is 4.79 Å². The summed E-state index contributed by atoms with van der Waals surface area (Å²) in [5.74, 6) is 0.601. The van der Waals surface area contributed by atoms with E-state index in [9.17, 15) is 4.79 Å². The van der Waals surface area contributed by atoms with Crippen molar-refractivity contribution in [3.63, 3.8) is 0 Å². The molecule has 0 N–H and O–H groups in total. The summed E-state index contributed by atoms with van der Waals surface area (Å²) in [6, 6.07) is 21.8. The highest BCUT2D eigenvalue weighted by molar-refractivity contribution is 14.1. The first kappa shape index (κ1) is 23.6. The Morgan fingerprint density at radius 3 is 2.45 bits per heavy atom. The Balaban J connectivity index is 1.64. The van der Waals surface area contributed by atoms with Crippen LogP contribution in [0.3, 0.4) is 0 Å². The molecule has 0 aliphatic carbocycles. The number of aromatic nitrogens is 3. The summed E-state index contributed by atoms with van der Waals surface area (Å²) in [4.78, 5) is 21.6. The number of rotatable bonds is 7. The topological polar surface area (TPSA) is 57.0 Å². The summed E-state index contributed by atoms with van der Waals surface area (Å²) in [7, 11) is 0. The Morgan fingerprint density at radius 2 is 1.76 bits per heavy atom. The maximum atomic E-state index is 13.1. The fourth-order valence-electron chi connectivity index (χ4n) is 3.65. The third kappa shape index (κ3) is 5.34. The van der Waals surface area contributed by atoms with Gasteiger partial charge in [0.25, 0.3) is 5.56 Å². The van der Waals surface area contributed by atoms with Crippen molar-refractivity contribution in [1.29, 1.82) is 0 Å². The van der Waals surface area contributed by atoms with E-state index in [0.29, 0.717) is 23.1 Å². The van der Waals surface area contributed by atoms with E-state index < -0.39 is 0 Å². The second-order valence-corrected chi connectivity index (χ2v) is 8.97. The predicted molar refractivity (Wildman–Crippen MR) is 140 cm³/mol. The van der Waals surface area contributed by atoms with Crippen LogP contribution in [0.5, 0.6) is 0 Å². The Hall–Kier alpha value is -2.55. The quantitative estimate of drug-likeness (QED) is 0.144. The Labute approximate surface area is 211 Å². The molecule has 5 nitrogen and oxygen atoms in total. The van der Waals surface area contributed by atoms with Gasteiger partial charge in [-0.2, -0.15) is 4.98 Å². The Kier molecular flexibility index (Phi) is 7.57. The molecular weight excluding hydrogens is 549 g/mol. The molecule has 4 aromatic rings. The van der Waals surface area contributed by atoms with Crippen LogP contribution in [0.4, 0.5) is 0 Å². The molecule has 2 heterocycles. The second-order valence-electron chi connectivity index (χ2n) is 7.56. The van der Waals surface area contributed by atoms with Crippen LogP contribution in [0.25, 0.3) is 22.3 Å². The summed E-state index contributed by atoms with van der Waals surface area (Å²) >= 11 is 8.11. The van der Waals surface area contributed by atoms with Crippen LogP contribution in [0, 0.1) is 3.70 Å². The zero-order valence-corrected chi connectivity index (χ0v) is 21.2. The first-order valence-electron chi connectivity index (χ1n) is 10.7. The van der Waals surface area contributed by atoms with E-state index in [1.807, 2.05) is 66.9 Å². The van der Waals surface area contributed by atoms with Crippen LogP contribution in [-0.2, 0) is 17.9 Å². The monoisotopic (exact) mass is 571 g/mol. The minimum absolute atomic E-state index is 0.211. The molecule has 0 saturated carbocycles. The van der Waals surface area contributed by atoms with E-state index in [0.717, 1.165) is 26.0 Å². The molecule has 1 unspecified atom stereocenters. The smallest absolute Gasteiger partial charge is 0.281 e. The van der Waals surface area contributed by atoms with Crippen molar-refractivity contribution in [2.75, 3.05) is 0 Å². The molecule has 0 radical (unpaired) electrons. The van der Waals surface area contributed by atoms with E-state index in [-0.39, 0.29) is 18.3 Å². The van der Waals surface area contributed by atoms with E-state index in [1.165, 1.54) is 0 Å².